The molecule has 1 aromatic carbocycles. The Balaban J connectivity index is 2.07. The summed E-state index contributed by atoms with van der Waals surface area (Å²) in [6, 6.07) is 3.88. The smallest absolute Gasteiger partial charge is 0.422 e. The van der Waals surface area contributed by atoms with Crippen molar-refractivity contribution in [1.29, 1.82) is 0 Å². The van der Waals surface area contributed by atoms with Gasteiger partial charge in [-0.25, -0.2) is 4.98 Å². The van der Waals surface area contributed by atoms with E-state index in [0.717, 1.165) is 0 Å². The summed E-state index contributed by atoms with van der Waals surface area (Å²) in [6.45, 7) is 0.168. The molecule has 0 unspecified atom stereocenters. The van der Waals surface area contributed by atoms with Gasteiger partial charge in [0, 0.05) is 22.7 Å². The van der Waals surface area contributed by atoms with Crippen LogP contribution in [-0.2, 0) is 11.2 Å². The highest BCUT2D eigenvalue weighted by molar-refractivity contribution is 7.98. The Hall–Kier alpha value is -2.20. The number of nitrogens with zero attached hydrogens (tertiary/aromatic N) is 1. The molecule has 0 fully saturated rings. The number of benzene rings is 1. The first-order valence-corrected chi connectivity index (χ1v) is 9.62. The molecule has 2 aromatic rings. The second kappa shape index (κ2) is 9.33. The maximum Gasteiger partial charge on any atom is 0.422 e. The lowest BCUT2D eigenvalue weighted by Gasteiger charge is -2.14. The number of aromatic nitrogens is 2. The van der Waals surface area contributed by atoms with Crippen LogP contribution in [0.25, 0.3) is 0 Å². The number of halogens is 4. The molecule has 2 N–H and O–H groups in total. The minimum atomic E-state index is -4.52. The van der Waals surface area contributed by atoms with E-state index in [1.807, 2.05) is 0 Å². The molecule has 2 rings (SSSR count). The predicted molar refractivity (Wildman–Crippen MR) is 101 cm³/mol. The van der Waals surface area contributed by atoms with Gasteiger partial charge in [-0.3, -0.25) is 9.59 Å². The molecular formula is C17H17ClF3N3O3S. The maximum atomic E-state index is 12.4. The zero-order chi connectivity index (χ0) is 20.9. The number of alkyl halides is 3. The Morgan fingerprint density at radius 3 is 2.71 bits per heavy atom. The van der Waals surface area contributed by atoms with Crippen molar-refractivity contribution >= 4 is 35.0 Å². The van der Waals surface area contributed by atoms with E-state index in [0.29, 0.717) is 16.4 Å². The van der Waals surface area contributed by atoms with Crippen LogP contribution < -0.4 is 15.6 Å². The molecule has 0 aliphatic rings. The summed E-state index contributed by atoms with van der Waals surface area (Å²) < 4.78 is 41.8. The van der Waals surface area contributed by atoms with E-state index in [-0.39, 0.29) is 34.9 Å². The van der Waals surface area contributed by atoms with Crippen LogP contribution in [-0.4, -0.2) is 34.9 Å². The number of hydrogen-bond acceptors (Lipinski definition) is 5. The van der Waals surface area contributed by atoms with Crippen LogP contribution in [0.4, 0.5) is 18.9 Å². The van der Waals surface area contributed by atoms with Crippen molar-refractivity contribution < 1.29 is 22.7 Å². The average molecular weight is 436 g/mol. The fraction of sp³-hybridized carbons (Fsp3) is 0.353. The largest absolute Gasteiger partial charge is 0.482 e. The van der Waals surface area contributed by atoms with E-state index in [1.165, 1.54) is 30.0 Å². The van der Waals surface area contributed by atoms with Crippen LogP contribution in [0.1, 0.15) is 17.7 Å². The molecule has 0 saturated heterocycles. The van der Waals surface area contributed by atoms with E-state index < -0.39 is 18.7 Å². The maximum absolute atomic E-state index is 12.4. The predicted octanol–water partition coefficient (Wildman–Crippen LogP) is 3.97. The Morgan fingerprint density at radius 2 is 2.11 bits per heavy atom. The first-order chi connectivity index (χ1) is 13.1. The zero-order valence-corrected chi connectivity index (χ0v) is 16.5. The number of hydrogen-bond donors (Lipinski definition) is 2. The number of nitrogens with one attached hydrogen (secondary N) is 2. The fourth-order valence-electron chi connectivity index (χ4n) is 2.31. The Bertz CT molecular complexity index is 919. The topological polar surface area (TPSA) is 84.1 Å². The highest BCUT2D eigenvalue weighted by Crippen LogP contribution is 2.30. The molecule has 11 heteroatoms. The van der Waals surface area contributed by atoms with E-state index >= 15 is 0 Å². The van der Waals surface area contributed by atoms with Crippen molar-refractivity contribution in [1.82, 2.24) is 9.97 Å². The molecule has 0 aliphatic heterocycles. The minimum absolute atomic E-state index is 0.0169. The van der Waals surface area contributed by atoms with Crippen LogP contribution in [0, 0.1) is 6.92 Å². The van der Waals surface area contributed by atoms with Gasteiger partial charge in [0.15, 0.2) is 11.8 Å². The molecule has 0 spiro atoms. The fourth-order valence-corrected chi connectivity index (χ4v) is 2.91. The average Bonchev–Trinajstić information content (AvgIpc) is 2.59. The molecule has 0 aliphatic carbocycles. The SMILES string of the molecule is CSc1nc(C)c(CCC(=O)Nc2cc(Cl)ccc2OCC(F)(F)F)c(=O)[nH]1. The number of aryl methyl sites for hydroxylation is 1. The van der Waals surface area contributed by atoms with E-state index in [1.54, 1.807) is 13.2 Å². The Morgan fingerprint density at radius 1 is 1.39 bits per heavy atom. The van der Waals surface area contributed by atoms with Gasteiger partial charge in [0.05, 0.1) is 5.69 Å². The summed E-state index contributed by atoms with van der Waals surface area (Å²) in [4.78, 5) is 31.1. The molecule has 28 heavy (non-hydrogen) atoms. The summed E-state index contributed by atoms with van der Waals surface area (Å²) in [5.41, 5.74) is 0.565. The molecule has 0 atom stereocenters. The number of carbonyl (C=O) groups is 1. The standard InChI is InChI=1S/C17H17ClF3N3O3S/c1-9-11(15(26)24-16(22-9)28-2)4-6-14(25)23-12-7-10(18)3-5-13(12)27-8-17(19,20)21/h3,5,7H,4,6,8H2,1-2H3,(H,23,25)(H,22,24,26). The third-order valence-electron chi connectivity index (χ3n) is 3.60. The van der Waals surface area contributed by atoms with Crippen molar-refractivity contribution in [3.05, 3.63) is 44.8 Å². The Labute approximate surface area is 167 Å². The van der Waals surface area contributed by atoms with Crippen molar-refractivity contribution in [2.45, 2.75) is 31.1 Å². The third-order valence-corrected chi connectivity index (χ3v) is 4.42. The van der Waals surface area contributed by atoms with Crippen molar-refractivity contribution in [2.75, 3.05) is 18.2 Å². The van der Waals surface area contributed by atoms with Crippen LogP contribution in [0.15, 0.2) is 28.2 Å². The summed E-state index contributed by atoms with van der Waals surface area (Å²) in [5.74, 6) is -0.665. The van der Waals surface area contributed by atoms with Gasteiger partial charge in [-0.05, 0) is 37.8 Å². The van der Waals surface area contributed by atoms with Crippen molar-refractivity contribution in [2.24, 2.45) is 0 Å². The van der Waals surface area contributed by atoms with Gasteiger partial charge in [0.2, 0.25) is 5.91 Å². The van der Waals surface area contributed by atoms with Gasteiger partial charge in [-0.1, -0.05) is 23.4 Å². The summed E-state index contributed by atoms with van der Waals surface area (Å²) in [7, 11) is 0. The molecule has 0 radical (unpaired) electrons. The first-order valence-electron chi connectivity index (χ1n) is 8.02. The van der Waals surface area contributed by atoms with Crippen LogP contribution in [0.5, 0.6) is 5.75 Å². The quantitative estimate of drug-likeness (QED) is 0.508. The van der Waals surface area contributed by atoms with E-state index in [9.17, 15) is 22.8 Å². The molecule has 1 aromatic heterocycles. The van der Waals surface area contributed by atoms with E-state index in [2.05, 4.69) is 15.3 Å². The lowest BCUT2D eigenvalue weighted by molar-refractivity contribution is -0.153. The van der Waals surface area contributed by atoms with Crippen molar-refractivity contribution in [3.8, 4) is 5.75 Å². The highest BCUT2D eigenvalue weighted by Gasteiger charge is 2.29. The molecule has 0 saturated carbocycles. The Kier molecular flexibility index (Phi) is 7.36. The number of thioether (sulfide) groups is 1. The van der Waals surface area contributed by atoms with E-state index in [4.69, 9.17) is 16.3 Å². The number of rotatable bonds is 7. The number of anilines is 1. The lowest BCUT2D eigenvalue weighted by Crippen LogP contribution is -2.21. The van der Waals surface area contributed by atoms with Crippen LogP contribution >= 0.6 is 23.4 Å². The number of H-pyrrole nitrogens is 1. The number of carbonyl (C=O) groups excluding carboxylic acids is 1. The molecule has 6 nitrogen and oxygen atoms in total. The normalized spacial score (nSPS) is 11.4. The third kappa shape index (κ3) is 6.45. The number of ether oxygens (including phenoxy) is 1. The monoisotopic (exact) mass is 435 g/mol. The molecule has 1 heterocycles. The van der Waals surface area contributed by atoms with Crippen LogP contribution in [0.3, 0.4) is 0 Å². The first kappa shape index (κ1) is 22.1. The number of amides is 1. The van der Waals surface area contributed by atoms with Gasteiger partial charge < -0.3 is 15.0 Å². The van der Waals surface area contributed by atoms with Gasteiger partial charge in [0.1, 0.15) is 5.75 Å². The van der Waals surface area contributed by atoms with Gasteiger partial charge in [-0.2, -0.15) is 13.2 Å². The minimum Gasteiger partial charge on any atom is -0.482 e. The summed E-state index contributed by atoms with van der Waals surface area (Å²) >= 11 is 7.14. The molecule has 0 bridgehead atoms. The summed E-state index contributed by atoms with van der Waals surface area (Å²) in [6.07, 6.45) is -2.70. The molecule has 152 valence electrons. The van der Waals surface area contributed by atoms with Gasteiger partial charge >= 0.3 is 6.18 Å². The number of aromatic amines is 1. The van der Waals surface area contributed by atoms with Crippen LogP contribution in [0.2, 0.25) is 5.02 Å². The second-order valence-electron chi connectivity index (χ2n) is 5.73. The zero-order valence-electron chi connectivity index (χ0n) is 14.9. The van der Waals surface area contributed by atoms with Gasteiger partial charge in [0.25, 0.3) is 5.56 Å². The lowest BCUT2D eigenvalue weighted by atomic mass is 10.1. The molecule has 1 amide bonds. The van der Waals surface area contributed by atoms with Gasteiger partial charge in [-0.15, -0.1) is 0 Å². The highest BCUT2D eigenvalue weighted by atomic mass is 35.5. The molecular weight excluding hydrogens is 419 g/mol. The summed E-state index contributed by atoms with van der Waals surface area (Å²) in [5, 5.41) is 3.16. The second-order valence-corrected chi connectivity index (χ2v) is 6.96. The van der Waals surface area contributed by atoms with Crippen molar-refractivity contribution in [3.63, 3.8) is 0 Å².